The van der Waals surface area contributed by atoms with Gasteiger partial charge in [0.05, 0.1) is 40.0 Å². The molecule has 2 saturated heterocycles. The van der Waals surface area contributed by atoms with Gasteiger partial charge in [0.15, 0.2) is 0 Å². The number of benzene rings is 3. The number of nitrogens with one attached hydrogen (secondary N) is 1. The highest BCUT2D eigenvalue weighted by atomic mass is 16.6. The lowest BCUT2D eigenvalue weighted by Crippen LogP contribution is -2.43. The maximum atomic E-state index is 12.9. The predicted octanol–water partition coefficient (Wildman–Crippen LogP) is 9.55. The first kappa shape index (κ1) is 33.9. The van der Waals surface area contributed by atoms with Crippen LogP contribution in [0.25, 0.3) is 44.3 Å². The van der Waals surface area contributed by atoms with Gasteiger partial charge in [-0.1, -0.05) is 24.3 Å². The van der Waals surface area contributed by atoms with Gasteiger partial charge in [-0.3, -0.25) is 14.8 Å². The Morgan fingerprint density at radius 1 is 0.712 bits per heavy atom. The molecule has 2 atom stereocenters. The molecule has 10 heteroatoms. The largest absolute Gasteiger partial charge is 0.444 e. The van der Waals surface area contributed by atoms with Crippen molar-refractivity contribution in [2.75, 3.05) is 13.1 Å². The predicted molar refractivity (Wildman–Crippen MR) is 204 cm³/mol. The summed E-state index contributed by atoms with van der Waals surface area (Å²) < 4.78 is 11.4. The average Bonchev–Trinajstić information content (AvgIpc) is 3.90. The molecule has 0 bridgehead atoms. The highest BCUT2D eigenvalue weighted by Gasteiger charge is 2.37. The number of nitrogens with zero attached hydrogens (tertiary/aromatic N) is 5. The summed E-state index contributed by atoms with van der Waals surface area (Å²) in [6.07, 6.45) is 3.79. The Morgan fingerprint density at radius 2 is 1.35 bits per heavy atom. The lowest BCUT2D eigenvalue weighted by atomic mass is 9.97. The van der Waals surface area contributed by atoms with Gasteiger partial charge >= 0.3 is 12.2 Å². The number of H-pyrrole nitrogens is 1. The van der Waals surface area contributed by atoms with Crippen LogP contribution in [0.3, 0.4) is 0 Å². The van der Waals surface area contributed by atoms with Gasteiger partial charge in [0, 0.05) is 36.2 Å². The van der Waals surface area contributed by atoms with E-state index < -0.39 is 11.2 Å². The first-order valence-electron chi connectivity index (χ1n) is 18.4. The summed E-state index contributed by atoms with van der Waals surface area (Å²) in [5, 5.41) is 1.06. The smallest absolute Gasteiger partial charge is 0.410 e. The number of imidazole rings is 1. The number of amides is 2. The molecule has 10 nitrogen and oxygen atoms in total. The van der Waals surface area contributed by atoms with E-state index in [1.54, 1.807) is 4.90 Å². The van der Waals surface area contributed by atoms with Crippen LogP contribution in [0.15, 0.2) is 71.7 Å². The van der Waals surface area contributed by atoms with Crippen molar-refractivity contribution < 1.29 is 19.1 Å². The maximum absolute atomic E-state index is 12.9. The number of aromatic nitrogens is 3. The second-order valence-electron chi connectivity index (χ2n) is 16.2. The molecule has 0 radical (unpaired) electrons. The molecule has 5 aromatic rings. The van der Waals surface area contributed by atoms with Crippen LogP contribution in [0.4, 0.5) is 15.3 Å². The SMILES string of the molecule is CC(C)(C)OC(=O)N1CCC[C@H]1C1=Nc2ccc(-c3ccc4nc(-c5ccc6nc([C@@H]7CCCN7C(=O)OC(C)(C)C)[nH]c6c5)ccc4c3)cc2C1. The van der Waals surface area contributed by atoms with Crippen LogP contribution in [-0.2, 0) is 15.9 Å². The molecule has 3 aliphatic rings. The summed E-state index contributed by atoms with van der Waals surface area (Å²) in [7, 11) is 0. The maximum Gasteiger partial charge on any atom is 0.410 e. The zero-order valence-electron chi connectivity index (χ0n) is 30.8. The molecule has 5 heterocycles. The molecule has 268 valence electrons. The minimum absolute atomic E-state index is 0.0236. The summed E-state index contributed by atoms with van der Waals surface area (Å²) in [6, 6.07) is 23.0. The van der Waals surface area contributed by atoms with Crippen LogP contribution in [-0.4, -0.2) is 73.0 Å². The van der Waals surface area contributed by atoms with Crippen molar-refractivity contribution in [3.05, 3.63) is 78.1 Å². The standard InChI is InChI=1S/C42H46N6O4/c1-41(2,3)51-39(49)47-19-7-9-36(47)35-24-29-22-26(12-16-32(29)44-35)25-11-15-30-27(21-25)13-17-31(43-30)28-14-18-33-34(23-28)46-38(45-33)37-10-8-20-48(37)40(50)52-42(4,5)6/h11-18,21-23,36-37H,7-10,19-20,24H2,1-6H3,(H,45,46)/t36-,37-/m0/s1. The minimum Gasteiger partial charge on any atom is -0.444 e. The molecular weight excluding hydrogens is 652 g/mol. The van der Waals surface area contributed by atoms with E-state index in [-0.39, 0.29) is 24.3 Å². The Morgan fingerprint density at radius 3 is 2.08 bits per heavy atom. The molecule has 8 rings (SSSR count). The van der Waals surface area contributed by atoms with Crippen LogP contribution < -0.4 is 0 Å². The van der Waals surface area contributed by atoms with Gasteiger partial charge < -0.3 is 14.5 Å². The van der Waals surface area contributed by atoms with E-state index in [1.807, 2.05) is 52.5 Å². The topological polar surface area (TPSA) is 113 Å². The van der Waals surface area contributed by atoms with Gasteiger partial charge in [-0.25, -0.2) is 19.6 Å². The molecule has 1 N–H and O–H groups in total. The van der Waals surface area contributed by atoms with Crippen molar-refractivity contribution in [1.29, 1.82) is 0 Å². The Balaban J connectivity index is 0.982. The molecule has 52 heavy (non-hydrogen) atoms. The first-order chi connectivity index (χ1) is 24.8. The van der Waals surface area contributed by atoms with Crippen molar-refractivity contribution in [1.82, 2.24) is 24.8 Å². The van der Waals surface area contributed by atoms with E-state index in [9.17, 15) is 9.59 Å². The van der Waals surface area contributed by atoms with Crippen LogP contribution >= 0.6 is 0 Å². The minimum atomic E-state index is -0.548. The number of pyridine rings is 1. The fourth-order valence-electron chi connectivity index (χ4n) is 7.65. The van der Waals surface area contributed by atoms with E-state index in [1.165, 1.54) is 5.56 Å². The van der Waals surface area contributed by atoms with Crippen LogP contribution in [0.2, 0.25) is 0 Å². The number of ether oxygens (including phenoxy) is 2. The number of fused-ring (bicyclic) bond motifs is 3. The zero-order valence-corrected chi connectivity index (χ0v) is 30.8. The average molecular weight is 699 g/mol. The van der Waals surface area contributed by atoms with Gasteiger partial charge in [-0.15, -0.1) is 0 Å². The third-order valence-corrected chi connectivity index (χ3v) is 10.00. The van der Waals surface area contributed by atoms with Gasteiger partial charge in [-0.2, -0.15) is 0 Å². The summed E-state index contributed by atoms with van der Waals surface area (Å²) >= 11 is 0. The number of hydrogen-bond acceptors (Lipinski definition) is 7. The molecule has 0 unspecified atom stereocenters. The second-order valence-corrected chi connectivity index (χ2v) is 16.2. The van der Waals surface area contributed by atoms with Crippen LogP contribution in [0.1, 0.15) is 84.7 Å². The highest BCUT2D eigenvalue weighted by molar-refractivity contribution is 6.00. The molecular formula is C42H46N6O4. The molecule has 0 aliphatic carbocycles. The molecule has 0 saturated carbocycles. The van der Waals surface area contributed by atoms with Gasteiger partial charge in [-0.05, 0) is 126 Å². The van der Waals surface area contributed by atoms with E-state index in [4.69, 9.17) is 24.4 Å². The number of rotatable bonds is 4. The van der Waals surface area contributed by atoms with Gasteiger partial charge in [0.1, 0.15) is 17.0 Å². The van der Waals surface area contributed by atoms with Crippen LogP contribution in [0.5, 0.6) is 0 Å². The van der Waals surface area contributed by atoms with Crippen molar-refractivity contribution >= 4 is 45.5 Å². The Bertz CT molecular complexity index is 2240. The summed E-state index contributed by atoms with van der Waals surface area (Å²) in [4.78, 5) is 47.8. The summed E-state index contributed by atoms with van der Waals surface area (Å²) in [6.45, 7) is 12.7. The molecule has 0 spiro atoms. The zero-order chi connectivity index (χ0) is 36.4. The van der Waals surface area contributed by atoms with Crippen molar-refractivity contribution in [3.8, 4) is 22.4 Å². The van der Waals surface area contributed by atoms with Crippen molar-refractivity contribution in [2.45, 2.75) is 96.9 Å². The lowest BCUT2D eigenvalue weighted by molar-refractivity contribution is 0.0216. The third-order valence-electron chi connectivity index (χ3n) is 10.00. The summed E-state index contributed by atoms with van der Waals surface area (Å²) in [5.41, 5.74) is 8.93. The van der Waals surface area contributed by atoms with Crippen molar-refractivity contribution in [2.24, 2.45) is 4.99 Å². The molecule has 3 aliphatic heterocycles. The highest BCUT2D eigenvalue weighted by Crippen LogP contribution is 2.37. The molecule has 2 aromatic heterocycles. The van der Waals surface area contributed by atoms with E-state index in [0.717, 1.165) is 93.6 Å². The number of carbonyl (C=O) groups excluding carboxylic acids is 2. The summed E-state index contributed by atoms with van der Waals surface area (Å²) in [5.74, 6) is 0.783. The Labute approximate surface area is 304 Å². The Kier molecular flexibility index (Phi) is 8.31. The first-order valence-corrected chi connectivity index (χ1v) is 18.4. The monoisotopic (exact) mass is 698 g/mol. The third kappa shape index (κ3) is 6.74. The van der Waals surface area contributed by atoms with E-state index in [2.05, 4.69) is 65.6 Å². The normalized spacial score (nSPS) is 19.0. The quantitative estimate of drug-likeness (QED) is 0.200. The Hall–Kier alpha value is -5.25. The fraction of sp³-hybridized carbons (Fsp3) is 0.405. The van der Waals surface area contributed by atoms with Gasteiger partial charge in [0.2, 0.25) is 0 Å². The number of aromatic amines is 1. The molecule has 3 aromatic carbocycles. The van der Waals surface area contributed by atoms with Crippen molar-refractivity contribution in [3.63, 3.8) is 0 Å². The van der Waals surface area contributed by atoms with E-state index in [0.29, 0.717) is 13.1 Å². The fourth-order valence-corrected chi connectivity index (χ4v) is 7.65. The van der Waals surface area contributed by atoms with E-state index >= 15 is 0 Å². The number of aliphatic imine (C=N–C) groups is 1. The lowest BCUT2D eigenvalue weighted by Gasteiger charge is -2.28. The number of carbonyl (C=O) groups is 2. The van der Waals surface area contributed by atoms with Crippen LogP contribution in [0, 0.1) is 0 Å². The second kappa shape index (κ2) is 12.8. The number of hydrogen-bond donors (Lipinski definition) is 1. The van der Waals surface area contributed by atoms with Gasteiger partial charge in [0.25, 0.3) is 0 Å². The molecule has 2 amide bonds. The molecule has 2 fully saturated rings. The number of likely N-dealkylation sites (tertiary alicyclic amines) is 2.